The molecule has 7 heteroatoms. The number of nitrogens with zero attached hydrogens (tertiary/aromatic N) is 4. The summed E-state index contributed by atoms with van der Waals surface area (Å²) in [6.45, 7) is 10.8. The minimum atomic E-state index is -1.83. The molecule has 0 aliphatic carbocycles. The average molecular weight is 368 g/mol. The molecular formula is C20H24N4O3. The number of benzene rings is 1. The lowest BCUT2D eigenvalue weighted by Crippen LogP contribution is -2.36. The van der Waals surface area contributed by atoms with Crippen molar-refractivity contribution in [2.75, 3.05) is 4.90 Å². The molecule has 0 radical (unpaired) electrons. The van der Waals surface area contributed by atoms with E-state index in [9.17, 15) is 15.1 Å². The molecule has 27 heavy (non-hydrogen) atoms. The van der Waals surface area contributed by atoms with Gasteiger partial charge in [0.1, 0.15) is 17.2 Å². The second-order valence-electron chi connectivity index (χ2n) is 7.18. The van der Waals surface area contributed by atoms with Crippen molar-refractivity contribution in [3.63, 3.8) is 0 Å². The topological polar surface area (TPSA) is 98.9 Å². The second kappa shape index (κ2) is 6.42. The molecule has 2 aromatic rings. The van der Waals surface area contributed by atoms with Crippen LogP contribution in [-0.2, 0) is 10.4 Å². The van der Waals surface area contributed by atoms with Crippen LogP contribution in [0, 0.1) is 27.7 Å². The highest BCUT2D eigenvalue weighted by Gasteiger charge is 2.51. The molecule has 142 valence electrons. The molecule has 1 aliphatic heterocycles. The number of aromatic nitrogens is 2. The number of hydrogen-bond acceptors (Lipinski definition) is 6. The van der Waals surface area contributed by atoms with Crippen molar-refractivity contribution in [2.45, 2.75) is 53.6 Å². The molecule has 0 bridgehead atoms. The highest BCUT2D eigenvalue weighted by atomic mass is 16.4. The summed E-state index contributed by atoms with van der Waals surface area (Å²) in [4.78, 5) is 23.5. The minimum absolute atomic E-state index is 0.270. The quantitative estimate of drug-likeness (QED) is 0.492. The van der Waals surface area contributed by atoms with E-state index in [2.05, 4.69) is 15.1 Å². The maximum atomic E-state index is 13.2. The Morgan fingerprint density at radius 1 is 1.19 bits per heavy atom. The van der Waals surface area contributed by atoms with Gasteiger partial charge in [-0.25, -0.2) is 9.97 Å². The fourth-order valence-electron chi connectivity index (χ4n) is 3.82. The number of amides is 1. The number of aryl methyl sites for hydroxylation is 4. The van der Waals surface area contributed by atoms with E-state index in [-0.39, 0.29) is 5.56 Å². The van der Waals surface area contributed by atoms with Crippen LogP contribution >= 0.6 is 0 Å². The maximum absolute atomic E-state index is 13.2. The summed E-state index contributed by atoms with van der Waals surface area (Å²) >= 11 is 0. The fourth-order valence-corrected chi connectivity index (χ4v) is 3.82. The molecule has 2 heterocycles. The van der Waals surface area contributed by atoms with Gasteiger partial charge in [-0.05, 0) is 52.2 Å². The first kappa shape index (κ1) is 19.0. The predicted octanol–water partition coefficient (Wildman–Crippen LogP) is 3.18. The Labute approximate surface area is 158 Å². The molecule has 2 N–H and O–H groups in total. The lowest BCUT2D eigenvalue weighted by molar-refractivity contribution is -0.133. The zero-order valence-electron chi connectivity index (χ0n) is 16.5. The lowest BCUT2D eigenvalue weighted by atomic mass is 9.95. The highest BCUT2D eigenvalue weighted by Crippen LogP contribution is 2.46. The molecule has 1 aromatic heterocycles. The van der Waals surface area contributed by atoms with Gasteiger partial charge in [0.05, 0.1) is 11.3 Å². The zero-order chi connectivity index (χ0) is 20.1. The third-order valence-electron chi connectivity index (χ3n) is 4.91. The molecule has 1 unspecified atom stereocenters. The summed E-state index contributed by atoms with van der Waals surface area (Å²) in [6, 6.07) is 3.98. The van der Waals surface area contributed by atoms with Gasteiger partial charge in [0, 0.05) is 0 Å². The number of anilines is 2. The van der Waals surface area contributed by atoms with Crippen molar-refractivity contribution in [1.82, 2.24) is 9.97 Å². The number of aliphatic hydroxyl groups is 1. The number of oxime groups is 1. The van der Waals surface area contributed by atoms with Crippen molar-refractivity contribution < 1.29 is 15.1 Å². The van der Waals surface area contributed by atoms with Gasteiger partial charge in [0.2, 0.25) is 0 Å². The van der Waals surface area contributed by atoms with E-state index in [0.29, 0.717) is 35.2 Å². The Hall–Kier alpha value is -2.80. The zero-order valence-corrected chi connectivity index (χ0v) is 16.5. The van der Waals surface area contributed by atoms with Gasteiger partial charge in [-0.1, -0.05) is 29.8 Å². The fraction of sp³-hybridized carbons (Fsp3) is 0.400. The molecule has 0 fully saturated rings. The molecule has 1 amide bonds. The standard InChI is InChI=1S/C20H24N4O3/c1-7-14(23-27)16-15-18(22-13(5)21-16)24(19(25)20(15,6)26)17-11(3)8-10(2)9-12(17)4/h8-9,26-27H,7H2,1-6H3/b23-14+. The summed E-state index contributed by atoms with van der Waals surface area (Å²) < 4.78 is 0. The van der Waals surface area contributed by atoms with Crippen molar-refractivity contribution >= 4 is 23.1 Å². The third kappa shape index (κ3) is 2.78. The predicted molar refractivity (Wildman–Crippen MR) is 103 cm³/mol. The summed E-state index contributed by atoms with van der Waals surface area (Å²) in [5.74, 6) is 0.260. The first-order valence-corrected chi connectivity index (χ1v) is 8.88. The van der Waals surface area contributed by atoms with Crippen LogP contribution in [0.5, 0.6) is 0 Å². The van der Waals surface area contributed by atoms with Crippen LogP contribution in [0.4, 0.5) is 11.5 Å². The van der Waals surface area contributed by atoms with Crippen molar-refractivity contribution in [3.8, 4) is 0 Å². The van der Waals surface area contributed by atoms with Crippen LogP contribution in [0.1, 0.15) is 54.0 Å². The number of fused-ring (bicyclic) bond motifs is 1. The number of hydrogen-bond donors (Lipinski definition) is 2. The van der Waals surface area contributed by atoms with Gasteiger partial charge in [-0.15, -0.1) is 0 Å². The van der Waals surface area contributed by atoms with Gasteiger partial charge in [-0.2, -0.15) is 0 Å². The maximum Gasteiger partial charge on any atom is 0.269 e. The van der Waals surface area contributed by atoms with Crippen LogP contribution < -0.4 is 4.90 Å². The van der Waals surface area contributed by atoms with Crippen LogP contribution in [0.2, 0.25) is 0 Å². The van der Waals surface area contributed by atoms with Gasteiger partial charge in [0.15, 0.2) is 11.4 Å². The van der Waals surface area contributed by atoms with E-state index in [0.717, 1.165) is 16.7 Å². The van der Waals surface area contributed by atoms with Crippen molar-refractivity contribution in [3.05, 3.63) is 45.9 Å². The number of carbonyl (C=O) groups excluding carboxylic acids is 1. The molecule has 3 rings (SSSR count). The first-order valence-electron chi connectivity index (χ1n) is 8.88. The largest absolute Gasteiger partial charge is 0.411 e. The van der Waals surface area contributed by atoms with Gasteiger partial charge in [0.25, 0.3) is 5.91 Å². The smallest absolute Gasteiger partial charge is 0.269 e. The van der Waals surface area contributed by atoms with E-state index in [1.54, 1.807) is 6.92 Å². The second-order valence-corrected chi connectivity index (χ2v) is 7.18. The normalized spacial score (nSPS) is 19.6. The van der Waals surface area contributed by atoms with Crippen LogP contribution in [0.15, 0.2) is 17.3 Å². The first-order chi connectivity index (χ1) is 12.6. The number of rotatable bonds is 3. The summed E-state index contributed by atoms with van der Waals surface area (Å²) in [7, 11) is 0. The lowest BCUT2D eigenvalue weighted by Gasteiger charge is -2.23. The van der Waals surface area contributed by atoms with Gasteiger partial charge in [-0.3, -0.25) is 9.69 Å². The van der Waals surface area contributed by atoms with Crippen LogP contribution in [0.25, 0.3) is 0 Å². The van der Waals surface area contributed by atoms with Crippen LogP contribution in [-0.4, -0.2) is 31.9 Å². The van der Waals surface area contributed by atoms with Crippen LogP contribution in [0.3, 0.4) is 0 Å². The van der Waals surface area contributed by atoms with E-state index in [1.807, 2.05) is 39.8 Å². The van der Waals surface area contributed by atoms with E-state index >= 15 is 0 Å². The number of carbonyl (C=O) groups is 1. The monoisotopic (exact) mass is 368 g/mol. The molecular weight excluding hydrogens is 344 g/mol. The van der Waals surface area contributed by atoms with Gasteiger partial charge < -0.3 is 10.3 Å². The Balaban J connectivity index is 2.38. The highest BCUT2D eigenvalue weighted by molar-refractivity contribution is 6.14. The Bertz CT molecular complexity index is 956. The Morgan fingerprint density at radius 3 is 2.30 bits per heavy atom. The molecule has 1 aromatic carbocycles. The Morgan fingerprint density at radius 2 is 1.78 bits per heavy atom. The van der Waals surface area contributed by atoms with Crippen molar-refractivity contribution in [1.29, 1.82) is 0 Å². The van der Waals surface area contributed by atoms with Crippen molar-refractivity contribution in [2.24, 2.45) is 5.16 Å². The molecule has 0 spiro atoms. The third-order valence-corrected chi connectivity index (χ3v) is 4.91. The summed E-state index contributed by atoms with van der Waals surface area (Å²) in [5.41, 5.74) is 2.65. The average Bonchev–Trinajstić information content (AvgIpc) is 2.75. The van der Waals surface area contributed by atoms with E-state index < -0.39 is 11.5 Å². The molecule has 0 saturated heterocycles. The van der Waals surface area contributed by atoms with E-state index in [1.165, 1.54) is 11.8 Å². The molecule has 1 atom stereocenters. The van der Waals surface area contributed by atoms with E-state index in [4.69, 9.17) is 0 Å². The summed E-state index contributed by atoms with van der Waals surface area (Å²) in [6.07, 6.45) is 0.395. The molecule has 7 nitrogen and oxygen atoms in total. The molecule has 0 saturated carbocycles. The molecule has 1 aliphatic rings. The minimum Gasteiger partial charge on any atom is -0.411 e. The van der Waals surface area contributed by atoms with Gasteiger partial charge >= 0.3 is 0 Å². The SMILES string of the molecule is CC/C(=N\O)c1nc(C)nc2c1C(C)(O)C(=O)N2c1c(C)cc(C)cc1C. The summed E-state index contributed by atoms with van der Waals surface area (Å²) in [5, 5.41) is 23.8. The Kier molecular flexibility index (Phi) is 4.51.